The number of fused-ring (bicyclic) bond motifs is 1. The van der Waals surface area contributed by atoms with Crippen LogP contribution >= 0.6 is 0 Å². The molecule has 1 amide bonds. The second kappa shape index (κ2) is 6.29. The Morgan fingerprint density at radius 3 is 2.38 bits per heavy atom. The van der Waals surface area contributed by atoms with Crippen LogP contribution in [0.5, 0.6) is 0 Å². The van der Waals surface area contributed by atoms with Crippen molar-refractivity contribution in [3.63, 3.8) is 0 Å². The zero-order valence-electron chi connectivity index (χ0n) is 13.3. The van der Waals surface area contributed by atoms with E-state index in [4.69, 9.17) is 0 Å². The molecule has 114 valence electrons. The highest BCUT2D eigenvalue weighted by atomic mass is 16.2. The van der Waals surface area contributed by atoms with E-state index in [9.17, 15) is 9.59 Å². The molecule has 0 N–H and O–H groups in total. The predicted molar refractivity (Wildman–Crippen MR) is 86.1 cm³/mol. The molecule has 2 rings (SSSR count). The molecule has 1 aromatic rings. The van der Waals surface area contributed by atoms with Gasteiger partial charge in [-0.3, -0.25) is 9.59 Å². The van der Waals surface area contributed by atoms with Crippen molar-refractivity contribution in [3.05, 3.63) is 23.8 Å². The fourth-order valence-electron chi connectivity index (χ4n) is 2.84. The molecule has 0 saturated heterocycles. The zero-order chi connectivity index (χ0) is 15.6. The Morgan fingerprint density at radius 2 is 1.81 bits per heavy atom. The summed E-state index contributed by atoms with van der Waals surface area (Å²) in [5.41, 5.74) is 2.33. The first-order valence-corrected chi connectivity index (χ1v) is 7.74. The highest BCUT2D eigenvalue weighted by Crippen LogP contribution is 2.32. The van der Waals surface area contributed by atoms with Gasteiger partial charge in [0.2, 0.25) is 0 Å². The molecule has 0 aliphatic carbocycles. The number of carbonyl (C=O) groups is 2. The highest BCUT2D eigenvalue weighted by molar-refractivity contribution is 6.52. The van der Waals surface area contributed by atoms with Gasteiger partial charge in [-0.15, -0.1) is 0 Å². The topological polar surface area (TPSA) is 40.6 Å². The molecule has 4 heteroatoms. The second-order valence-corrected chi connectivity index (χ2v) is 5.62. The zero-order valence-corrected chi connectivity index (χ0v) is 13.3. The predicted octanol–water partition coefficient (Wildman–Crippen LogP) is 3.11. The van der Waals surface area contributed by atoms with Crippen molar-refractivity contribution in [1.82, 2.24) is 0 Å². The average Bonchev–Trinajstić information content (AvgIpc) is 2.73. The Morgan fingerprint density at radius 1 is 1.14 bits per heavy atom. The minimum atomic E-state index is -0.440. The van der Waals surface area contributed by atoms with Crippen molar-refractivity contribution in [2.75, 3.05) is 29.9 Å². The number of hydrogen-bond donors (Lipinski definition) is 0. The molecule has 0 spiro atoms. The molecule has 0 unspecified atom stereocenters. The van der Waals surface area contributed by atoms with Gasteiger partial charge in [-0.25, -0.2) is 0 Å². The lowest BCUT2D eigenvalue weighted by Gasteiger charge is -2.28. The normalized spacial score (nSPS) is 14.0. The SMILES string of the molecule is CCC(CC)CN(CC)c1ccc2c(c1)N(C)C(=O)C2=O. The minimum absolute atomic E-state index is 0.401. The maximum absolute atomic E-state index is 11.8. The summed E-state index contributed by atoms with van der Waals surface area (Å²) in [5.74, 6) is -0.175. The first-order valence-electron chi connectivity index (χ1n) is 7.74. The third-order valence-corrected chi connectivity index (χ3v) is 4.47. The van der Waals surface area contributed by atoms with E-state index in [0.717, 1.165) is 37.3 Å². The van der Waals surface area contributed by atoms with Gasteiger partial charge in [-0.2, -0.15) is 0 Å². The maximum atomic E-state index is 11.8. The van der Waals surface area contributed by atoms with Gasteiger partial charge in [0.05, 0.1) is 11.3 Å². The van der Waals surface area contributed by atoms with E-state index in [1.165, 1.54) is 4.90 Å². The van der Waals surface area contributed by atoms with Crippen LogP contribution in [0.3, 0.4) is 0 Å². The van der Waals surface area contributed by atoms with Crippen LogP contribution in [0.4, 0.5) is 11.4 Å². The summed E-state index contributed by atoms with van der Waals surface area (Å²) in [7, 11) is 1.66. The van der Waals surface area contributed by atoms with E-state index in [1.807, 2.05) is 12.1 Å². The number of hydrogen-bond acceptors (Lipinski definition) is 3. The van der Waals surface area contributed by atoms with Gasteiger partial charge in [0, 0.05) is 25.8 Å². The quantitative estimate of drug-likeness (QED) is 0.755. The number of nitrogens with zero attached hydrogens (tertiary/aromatic N) is 2. The molecule has 0 saturated carbocycles. The standard InChI is InChI=1S/C17H24N2O2/c1-5-12(6-2)11-19(7-3)13-8-9-14-15(10-13)18(4)17(21)16(14)20/h8-10,12H,5-7,11H2,1-4H3. The minimum Gasteiger partial charge on any atom is -0.371 e. The third kappa shape index (κ3) is 2.80. The van der Waals surface area contributed by atoms with E-state index >= 15 is 0 Å². The number of rotatable bonds is 6. The van der Waals surface area contributed by atoms with Gasteiger partial charge in [0.1, 0.15) is 0 Å². The van der Waals surface area contributed by atoms with Gasteiger partial charge in [-0.05, 0) is 31.0 Å². The van der Waals surface area contributed by atoms with E-state index in [-0.39, 0.29) is 0 Å². The first-order chi connectivity index (χ1) is 10.0. The average molecular weight is 288 g/mol. The van der Waals surface area contributed by atoms with Gasteiger partial charge in [0.15, 0.2) is 0 Å². The largest absolute Gasteiger partial charge is 0.371 e. The molecule has 0 aromatic heterocycles. The molecule has 0 bridgehead atoms. The molecule has 0 fully saturated rings. The number of anilines is 2. The second-order valence-electron chi connectivity index (χ2n) is 5.62. The van der Waals surface area contributed by atoms with Crippen LogP contribution in [0.1, 0.15) is 44.0 Å². The summed E-state index contributed by atoms with van der Waals surface area (Å²) >= 11 is 0. The summed E-state index contributed by atoms with van der Waals surface area (Å²) in [6.07, 6.45) is 2.32. The summed E-state index contributed by atoms with van der Waals surface area (Å²) < 4.78 is 0. The number of ketones is 1. The number of Topliss-reactive ketones (excluding diaryl/α,β-unsaturated/α-hetero) is 1. The highest BCUT2D eigenvalue weighted by Gasteiger charge is 2.33. The smallest absolute Gasteiger partial charge is 0.299 e. The number of benzene rings is 1. The number of amides is 1. The van der Waals surface area contributed by atoms with Crippen molar-refractivity contribution < 1.29 is 9.59 Å². The Bertz CT molecular complexity index is 550. The fourth-order valence-corrected chi connectivity index (χ4v) is 2.84. The van der Waals surface area contributed by atoms with Crippen molar-refractivity contribution in [2.24, 2.45) is 5.92 Å². The lowest BCUT2D eigenvalue weighted by Crippen LogP contribution is -2.29. The summed E-state index contributed by atoms with van der Waals surface area (Å²) in [6, 6.07) is 5.70. The molecular weight excluding hydrogens is 264 g/mol. The van der Waals surface area contributed by atoms with Crippen molar-refractivity contribution in [3.8, 4) is 0 Å². The molecule has 0 atom stereocenters. The Kier molecular flexibility index (Phi) is 4.66. The van der Waals surface area contributed by atoms with Crippen LogP contribution in [-0.4, -0.2) is 31.8 Å². The lowest BCUT2D eigenvalue weighted by atomic mass is 10.0. The van der Waals surface area contributed by atoms with Crippen molar-refractivity contribution in [1.29, 1.82) is 0 Å². The Labute approximate surface area is 126 Å². The van der Waals surface area contributed by atoms with Gasteiger partial charge in [-0.1, -0.05) is 26.7 Å². The number of carbonyl (C=O) groups excluding carboxylic acids is 2. The fraction of sp³-hybridized carbons (Fsp3) is 0.529. The monoisotopic (exact) mass is 288 g/mol. The van der Waals surface area contributed by atoms with E-state index in [2.05, 4.69) is 25.7 Å². The molecule has 1 heterocycles. The Balaban J connectivity index is 2.29. The molecular formula is C17H24N2O2. The van der Waals surface area contributed by atoms with E-state index in [1.54, 1.807) is 13.1 Å². The Hall–Kier alpha value is -1.84. The van der Waals surface area contributed by atoms with Crippen LogP contribution in [0, 0.1) is 5.92 Å². The van der Waals surface area contributed by atoms with Crippen LogP contribution in [-0.2, 0) is 4.79 Å². The van der Waals surface area contributed by atoms with E-state index in [0.29, 0.717) is 11.5 Å². The first kappa shape index (κ1) is 15.5. The molecule has 1 aromatic carbocycles. The third-order valence-electron chi connectivity index (χ3n) is 4.47. The van der Waals surface area contributed by atoms with Crippen LogP contribution in [0.2, 0.25) is 0 Å². The van der Waals surface area contributed by atoms with Crippen LogP contribution in [0.15, 0.2) is 18.2 Å². The molecule has 4 nitrogen and oxygen atoms in total. The maximum Gasteiger partial charge on any atom is 0.299 e. The van der Waals surface area contributed by atoms with E-state index < -0.39 is 11.7 Å². The van der Waals surface area contributed by atoms with Gasteiger partial charge < -0.3 is 9.80 Å². The molecule has 1 aliphatic rings. The van der Waals surface area contributed by atoms with Crippen LogP contribution < -0.4 is 9.80 Å². The van der Waals surface area contributed by atoms with Crippen LogP contribution in [0.25, 0.3) is 0 Å². The van der Waals surface area contributed by atoms with Gasteiger partial charge in [0.25, 0.3) is 11.7 Å². The molecule has 21 heavy (non-hydrogen) atoms. The van der Waals surface area contributed by atoms with Crippen molar-refractivity contribution in [2.45, 2.75) is 33.6 Å². The lowest BCUT2D eigenvalue weighted by molar-refractivity contribution is -0.114. The summed E-state index contributed by atoms with van der Waals surface area (Å²) in [6.45, 7) is 8.50. The number of likely N-dealkylation sites (N-methyl/N-ethyl adjacent to an activating group) is 1. The summed E-state index contributed by atoms with van der Waals surface area (Å²) in [5, 5.41) is 0. The summed E-state index contributed by atoms with van der Waals surface area (Å²) in [4.78, 5) is 27.3. The van der Waals surface area contributed by atoms with Crippen molar-refractivity contribution >= 4 is 23.1 Å². The molecule has 0 radical (unpaired) electrons. The molecule has 1 aliphatic heterocycles. The van der Waals surface area contributed by atoms with Gasteiger partial charge >= 0.3 is 0 Å².